The molecule has 8 heteroatoms. The van der Waals surface area contributed by atoms with Crippen LogP contribution in [-0.4, -0.2) is 70.7 Å². The fourth-order valence-electron chi connectivity index (χ4n) is 8.20. The molecule has 36 heavy (non-hydrogen) atoms. The molecule has 0 radical (unpaired) electrons. The molecule has 0 aromatic carbocycles. The fourth-order valence-corrected chi connectivity index (χ4v) is 8.20. The van der Waals surface area contributed by atoms with Crippen LogP contribution >= 0.6 is 0 Å². The van der Waals surface area contributed by atoms with E-state index in [-0.39, 0.29) is 30.4 Å². The van der Waals surface area contributed by atoms with E-state index < -0.39 is 29.6 Å². The summed E-state index contributed by atoms with van der Waals surface area (Å²) in [6.45, 7) is 6.47. The zero-order chi connectivity index (χ0) is 25.9. The number of allylic oxidation sites excluding steroid dienone is 4. The first kappa shape index (κ1) is 25.5. The molecule has 0 spiro atoms. The van der Waals surface area contributed by atoms with E-state index in [1.165, 1.54) is 17.6 Å². The second-order valence-corrected chi connectivity index (χ2v) is 12.2. The second-order valence-electron chi connectivity index (χ2n) is 12.2. The van der Waals surface area contributed by atoms with Gasteiger partial charge in [0, 0.05) is 18.4 Å². The third-order valence-electron chi connectivity index (χ3n) is 10.6. The van der Waals surface area contributed by atoms with Crippen molar-refractivity contribution in [2.24, 2.45) is 33.7 Å². The Morgan fingerprint density at radius 3 is 2.67 bits per heavy atom. The Hall–Kier alpha value is -2.19. The van der Waals surface area contributed by atoms with Gasteiger partial charge in [0.15, 0.2) is 6.61 Å². The molecule has 8 atom stereocenters. The van der Waals surface area contributed by atoms with Gasteiger partial charge in [0.1, 0.15) is 11.8 Å². The minimum Gasteiger partial charge on any atom is -0.467 e. The molecular formula is C28H40N2O6. The number of hydrogen-bond donors (Lipinski definition) is 2. The predicted molar refractivity (Wildman–Crippen MR) is 134 cm³/mol. The number of aliphatic hydroxyl groups is 2. The number of aliphatic hydroxyl groups excluding tert-OH is 1. The van der Waals surface area contributed by atoms with Gasteiger partial charge in [-0.1, -0.05) is 30.7 Å². The van der Waals surface area contributed by atoms with E-state index in [2.05, 4.69) is 31.2 Å². The van der Waals surface area contributed by atoms with Crippen LogP contribution in [0.1, 0.15) is 65.7 Å². The highest BCUT2D eigenvalue weighted by atomic mass is 16.6. The number of nitrogens with zero attached hydrogens (tertiary/aromatic N) is 2. The molecule has 4 aliphatic carbocycles. The van der Waals surface area contributed by atoms with Crippen molar-refractivity contribution in [1.82, 2.24) is 4.90 Å². The molecule has 198 valence electrons. The van der Waals surface area contributed by atoms with Gasteiger partial charge in [-0.25, -0.2) is 4.79 Å². The van der Waals surface area contributed by atoms with Crippen molar-refractivity contribution < 1.29 is 29.4 Å². The Morgan fingerprint density at radius 2 is 1.92 bits per heavy atom. The Labute approximate surface area is 213 Å². The molecule has 2 N–H and O–H groups in total. The van der Waals surface area contributed by atoms with Crippen LogP contribution in [-0.2, 0) is 19.2 Å². The van der Waals surface area contributed by atoms with Gasteiger partial charge in [0.2, 0.25) is 0 Å². The molecular weight excluding hydrogens is 460 g/mol. The van der Waals surface area contributed by atoms with Crippen molar-refractivity contribution >= 4 is 17.6 Å². The summed E-state index contributed by atoms with van der Waals surface area (Å²) in [5.41, 5.74) is 1.47. The van der Waals surface area contributed by atoms with Gasteiger partial charge in [-0.3, -0.25) is 4.79 Å². The first-order chi connectivity index (χ1) is 17.0. The molecule has 1 aliphatic heterocycles. The summed E-state index contributed by atoms with van der Waals surface area (Å²) in [6.07, 6.45) is 12.1. The number of esters is 1. The van der Waals surface area contributed by atoms with Crippen molar-refractivity contribution in [3.05, 3.63) is 23.8 Å². The lowest BCUT2D eigenvalue weighted by Crippen LogP contribution is -2.53. The van der Waals surface area contributed by atoms with Gasteiger partial charge in [-0.2, -0.15) is 0 Å². The topological polar surface area (TPSA) is 109 Å². The van der Waals surface area contributed by atoms with Crippen LogP contribution in [0.15, 0.2) is 29.0 Å². The van der Waals surface area contributed by atoms with Crippen LogP contribution in [0.4, 0.5) is 0 Å². The molecule has 0 aromatic rings. The van der Waals surface area contributed by atoms with Crippen molar-refractivity contribution in [1.29, 1.82) is 0 Å². The van der Waals surface area contributed by atoms with Gasteiger partial charge in [0.05, 0.1) is 18.8 Å². The number of likely N-dealkylation sites (tertiary alicyclic amines) is 1. The van der Waals surface area contributed by atoms with Gasteiger partial charge in [-0.05, 0) is 80.8 Å². The Balaban J connectivity index is 1.24. The highest BCUT2D eigenvalue weighted by Gasteiger charge is 2.62. The molecule has 8 nitrogen and oxygen atoms in total. The summed E-state index contributed by atoms with van der Waals surface area (Å²) in [4.78, 5) is 31.3. The molecule has 0 aromatic heterocycles. The summed E-state index contributed by atoms with van der Waals surface area (Å²) in [5.74, 6) is 0.810. The number of β-amino-alcohol motifs (C(OH)–C–C–N with tert-alkyl or cyclic N) is 1. The summed E-state index contributed by atoms with van der Waals surface area (Å²) in [6, 6.07) is -0.790. The lowest BCUT2D eigenvalue weighted by molar-refractivity contribution is -0.152. The molecule has 1 heterocycles. The summed E-state index contributed by atoms with van der Waals surface area (Å²) >= 11 is 0. The average molecular weight is 501 g/mol. The smallest absolute Gasteiger partial charge is 0.328 e. The van der Waals surface area contributed by atoms with E-state index in [9.17, 15) is 19.8 Å². The maximum Gasteiger partial charge on any atom is 0.328 e. The lowest BCUT2D eigenvalue weighted by atomic mass is 9.47. The third kappa shape index (κ3) is 3.92. The van der Waals surface area contributed by atoms with E-state index in [1.54, 1.807) is 0 Å². The highest BCUT2D eigenvalue weighted by molar-refractivity contribution is 6.05. The number of ether oxygens (including phenoxy) is 1. The third-order valence-corrected chi connectivity index (χ3v) is 10.6. The first-order valence-electron chi connectivity index (χ1n) is 13.4. The lowest BCUT2D eigenvalue weighted by Gasteiger charge is -2.58. The van der Waals surface area contributed by atoms with Gasteiger partial charge < -0.3 is 24.7 Å². The normalized spacial score (nSPS) is 44.5. The summed E-state index contributed by atoms with van der Waals surface area (Å²) < 4.78 is 4.76. The van der Waals surface area contributed by atoms with E-state index in [0.29, 0.717) is 23.5 Å². The maximum atomic E-state index is 12.6. The minimum absolute atomic E-state index is 0.00931. The van der Waals surface area contributed by atoms with Crippen LogP contribution < -0.4 is 0 Å². The van der Waals surface area contributed by atoms with Crippen LogP contribution in [0.5, 0.6) is 0 Å². The molecule has 0 unspecified atom stereocenters. The van der Waals surface area contributed by atoms with E-state index in [4.69, 9.17) is 9.57 Å². The van der Waals surface area contributed by atoms with E-state index >= 15 is 0 Å². The van der Waals surface area contributed by atoms with Gasteiger partial charge in [-0.15, -0.1) is 0 Å². The Bertz CT molecular complexity index is 1020. The van der Waals surface area contributed by atoms with Crippen molar-refractivity contribution in [3.63, 3.8) is 0 Å². The van der Waals surface area contributed by atoms with Crippen LogP contribution in [0.2, 0.25) is 0 Å². The van der Waals surface area contributed by atoms with Crippen molar-refractivity contribution in [3.8, 4) is 0 Å². The Kier molecular flexibility index (Phi) is 6.35. The number of rotatable bonds is 4. The molecule has 0 bridgehead atoms. The highest BCUT2D eigenvalue weighted by Crippen LogP contribution is 2.66. The molecule has 4 fully saturated rings. The number of hydrogen-bond acceptors (Lipinski definition) is 7. The largest absolute Gasteiger partial charge is 0.467 e. The minimum atomic E-state index is -0.790. The Morgan fingerprint density at radius 1 is 1.17 bits per heavy atom. The number of fused-ring (bicyclic) bond motifs is 5. The summed E-state index contributed by atoms with van der Waals surface area (Å²) in [7, 11) is 1.27. The number of oxime groups is 1. The zero-order valence-electron chi connectivity index (χ0n) is 21.9. The predicted octanol–water partition coefficient (Wildman–Crippen LogP) is 2.98. The SMILES string of the molecule is COC(=O)[C@@H]1C[C@H](O)CN1C(=O)CON=C1C=C[C@@]2(C)C(=C1)CC[C@@H]1[C@@H]2CC[C@@]2(C)[C@H]1CC[C@]2(C)O. The quantitative estimate of drug-likeness (QED) is 0.454. The first-order valence-corrected chi connectivity index (χ1v) is 13.4. The van der Waals surface area contributed by atoms with Crippen LogP contribution in [0, 0.1) is 28.6 Å². The van der Waals surface area contributed by atoms with Crippen LogP contribution in [0.3, 0.4) is 0 Å². The fraction of sp³-hybridized carbons (Fsp3) is 0.750. The average Bonchev–Trinajstić information content (AvgIpc) is 3.35. The number of amides is 1. The van der Waals surface area contributed by atoms with E-state index in [1.807, 2.05) is 13.0 Å². The van der Waals surface area contributed by atoms with Gasteiger partial charge >= 0.3 is 5.97 Å². The summed E-state index contributed by atoms with van der Waals surface area (Å²) in [5, 5.41) is 25.2. The maximum absolute atomic E-state index is 12.6. The molecule has 5 aliphatic rings. The molecule has 5 rings (SSSR count). The standard InChI is InChI=1S/C28H40N2O6/c1-26-10-7-18(29-36-16-24(32)30-15-19(31)14-23(30)25(33)35-4)13-17(26)5-6-20-21(26)8-11-27(2)22(20)9-12-28(27,3)34/h7,10,13,19-23,31,34H,5-6,8-9,11-12,14-16H2,1-4H3/t19-,20+,21-,22-,23-,26-,27-,28-/m0/s1. The second kappa shape index (κ2) is 8.98. The number of methoxy groups -OCH3 is 1. The van der Waals surface area contributed by atoms with Crippen LogP contribution in [0.25, 0.3) is 0 Å². The van der Waals surface area contributed by atoms with Crippen molar-refractivity contribution in [2.45, 2.75) is 83.5 Å². The monoisotopic (exact) mass is 500 g/mol. The number of carbonyl (C=O) groups is 2. The van der Waals surface area contributed by atoms with E-state index in [0.717, 1.165) is 38.5 Å². The molecule has 1 amide bonds. The molecule has 3 saturated carbocycles. The zero-order valence-corrected chi connectivity index (χ0v) is 21.9. The number of carbonyl (C=O) groups excluding carboxylic acids is 2. The van der Waals surface area contributed by atoms with Gasteiger partial charge in [0.25, 0.3) is 5.91 Å². The molecule has 1 saturated heterocycles. The van der Waals surface area contributed by atoms with Crippen molar-refractivity contribution in [2.75, 3.05) is 20.3 Å².